The SMILES string of the molecule is NC(CC=C(Cl)Cl)C1CCS(=O)(=O)C1. The van der Waals surface area contributed by atoms with Crippen LogP contribution in [0.3, 0.4) is 0 Å². The summed E-state index contributed by atoms with van der Waals surface area (Å²) < 4.78 is 22.5. The maximum Gasteiger partial charge on any atom is 0.150 e. The summed E-state index contributed by atoms with van der Waals surface area (Å²) in [6, 6.07) is -0.167. The zero-order chi connectivity index (χ0) is 10.8. The molecule has 2 N–H and O–H groups in total. The first-order valence-corrected chi connectivity index (χ1v) is 6.95. The van der Waals surface area contributed by atoms with E-state index in [0.717, 1.165) is 0 Å². The maximum absolute atomic E-state index is 11.2. The van der Waals surface area contributed by atoms with Crippen molar-refractivity contribution in [2.45, 2.75) is 18.9 Å². The van der Waals surface area contributed by atoms with E-state index in [-0.39, 0.29) is 28.0 Å². The van der Waals surface area contributed by atoms with E-state index in [1.54, 1.807) is 6.08 Å². The zero-order valence-corrected chi connectivity index (χ0v) is 9.95. The number of hydrogen-bond donors (Lipinski definition) is 1. The van der Waals surface area contributed by atoms with Crippen LogP contribution in [0.15, 0.2) is 10.6 Å². The second-order valence-electron chi connectivity index (χ2n) is 3.56. The van der Waals surface area contributed by atoms with Crippen LogP contribution in [0, 0.1) is 5.92 Å². The monoisotopic (exact) mass is 257 g/mol. The number of halogens is 2. The van der Waals surface area contributed by atoms with Gasteiger partial charge >= 0.3 is 0 Å². The van der Waals surface area contributed by atoms with Gasteiger partial charge in [0, 0.05) is 6.04 Å². The molecule has 1 aliphatic heterocycles. The van der Waals surface area contributed by atoms with Gasteiger partial charge in [-0.15, -0.1) is 0 Å². The summed E-state index contributed by atoms with van der Waals surface area (Å²) in [5.41, 5.74) is 5.82. The summed E-state index contributed by atoms with van der Waals surface area (Å²) in [4.78, 5) is 0. The first kappa shape index (κ1) is 12.3. The van der Waals surface area contributed by atoms with Gasteiger partial charge < -0.3 is 5.73 Å². The summed E-state index contributed by atoms with van der Waals surface area (Å²) in [7, 11) is -2.85. The van der Waals surface area contributed by atoms with Crippen molar-refractivity contribution in [2.75, 3.05) is 11.5 Å². The molecule has 1 saturated heterocycles. The van der Waals surface area contributed by atoms with Crippen LogP contribution in [0.5, 0.6) is 0 Å². The van der Waals surface area contributed by atoms with Crippen LogP contribution in [0.4, 0.5) is 0 Å². The minimum absolute atomic E-state index is 0.0453. The van der Waals surface area contributed by atoms with Gasteiger partial charge in [0.2, 0.25) is 0 Å². The van der Waals surface area contributed by atoms with Crippen molar-refractivity contribution in [3.8, 4) is 0 Å². The van der Waals surface area contributed by atoms with E-state index in [4.69, 9.17) is 28.9 Å². The maximum atomic E-state index is 11.2. The van der Waals surface area contributed by atoms with Crippen LogP contribution in [0.1, 0.15) is 12.8 Å². The molecule has 1 heterocycles. The Hall–Kier alpha value is 0.230. The van der Waals surface area contributed by atoms with Crippen molar-refractivity contribution in [1.29, 1.82) is 0 Å². The molecule has 0 saturated carbocycles. The predicted octanol–water partition coefficient (Wildman–Crippen LogP) is 1.46. The average Bonchev–Trinajstić information content (AvgIpc) is 2.41. The normalized spacial score (nSPS) is 27.2. The highest BCUT2D eigenvalue weighted by atomic mass is 35.5. The van der Waals surface area contributed by atoms with Crippen LogP contribution in [-0.4, -0.2) is 26.0 Å². The van der Waals surface area contributed by atoms with Gasteiger partial charge in [-0.25, -0.2) is 8.42 Å². The molecular weight excluding hydrogens is 245 g/mol. The Morgan fingerprint density at radius 3 is 2.64 bits per heavy atom. The van der Waals surface area contributed by atoms with Gasteiger partial charge in [0.15, 0.2) is 9.84 Å². The molecule has 2 atom stereocenters. The van der Waals surface area contributed by atoms with Crippen LogP contribution < -0.4 is 5.73 Å². The Kier molecular flexibility index (Phi) is 4.25. The third-order valence-electron chi connectivity index (χ3n) is 2.42. The Bertz CT molecular complexity index is 322. The molecule has 1 aliphatic rings. The summed E-state index contributed by atoms with van der Waals surface area (Å²) in [6.07, 6.45) is 2.79. The number of hydrogen-bond acceptors (Lipinski definition) is 3. The van der Waals surface area contributed by atoms with Crippen LogP contribution in [0.25, 0.3) is 0 Å². The molecule has 2 unspecified atom stereocenters. The molecule has 82 valence electrons. The largest absolute Gasteiger partial charge is 0.327 e. The summed E-state index contributed by atoms with van der Waals surface area (Å²) >= 11 is 10.9. The molecule has 0 aromatic heterocycles. The van der Waals surface area contributed by atoms with E-state index in [2.05, 4.69) is 0 Å². The lowest BCUT2D eigenvalue weighted by Crippen LogP contribution is -2.30. The van der Waals surface area contributed by atoms with Crippen LogP contribution in [0.2, 0.25) is 0 Å². The molecule has 0 amide bonds. The quantitative estimate of drug-likeness (QED) is 0.833. The molecule has 0 aromatic rings. The Labute approximate surface area is 94.2 Å². The highest BCUT2D eigenvalue weighted by Crippen LogP contribution is 2.23. The Morgan fingerprint density at radius 2 is 2.21 bits per heavy atom. The van der Waals surface area contributed by atoms with E-state index in [1.165, 1.54) is 0 Å². The summed E-state index contributed by atoms with van der Waals surface area (Å²) in [5.74, 6) is 0.495. The van der Waals surface area contributed by atoms with E-state index >= 15 is 0 Å². The molecule has 14 heavy (non-hydrogen) atoms. The number of sulfone groups is 1. The summed E-state index contributed by atoms with van der Waals surface area (Å²) in [6.45, 7) is 0. The highest BCUT2D eigenvalue weighted by molar-refractivity contribution is 7.91. The van der Waals surface area contributed by atoms with Crippen molar-refractivity contribution >= 4 is 33.0 Å². The van der Waals surface area contributed by atoms with Crippen molar-refractivity contribution < 1.29 is 8.42 Å². The fourth-order valence-corrected chi connectivity index (χ4v) is 3.65. The number of nitrogens with two attached hydrogens (primary N) is 1. The predicted molar refractivity (Wildman–Crippen MR) is 59.1 cm³/mol. The Balaban J connectivity index is 2.48. The van der Waals surface area contributed by atoms with Gasteiger partial charge in [0.05, 0.1) is 11.5 Å². The molecule has 0 aliphatic carbocycles. The van der Waals surface area contributed by atoms with Crippen LogP contribution in [-0.2, 0) is 9.84 Å². The van der Waals surface area contributed by atoms with Gasteiger partial charge in [-0.1, -0.05) is 29.3 Å². The molecule has 0 spiro atoms. The fraction of sp³-hybridized carbons (Fsp3) is 0.750. The van der Waals surface area contributed by atoms with Gasteiger partial charge in [0.1, 0.15) is 4.49 Å². The lowest BCUT2D eigenvalue weighted by molar-refractivity contribution is 0.467. The van der Waals surface area contributed by atoms with E-state index in [1.807, 2.05) is 0 Å². The van der Waals surface area contributed by atoms with Crippen molar-refractivity contribution in [3.63, 3.8) is 0 Å². The Morgan fingerprint density at radius 1 is 1.57 bits per heavy atom. The standard InChI is InChI=1S/C8H13Cl2NO2S/c9-8(10)2-1-7(11)6-3-4-14(12,13)5-6/h2,6-7H,1,3-5,11H2. The second kappa shape index (κ2) is 4.84. The fourth-order valence-electron chi connectivity index (χ4n) is 1.58. The van der Waals surface area contributed by atoms with E-state index in [0.29, 0.717) is 12.8 Å². The molecule has 1 rings (SSSR count). The lowest BCUT2D eigenvalue weighted by Gasteiger charge is -2.15. The van der Waals surface area contributed by atoms with Crippen molar-refractivity contribution in [2.24, 2.45) is 11.7 Å². The zero-order valence-electron chi connectivity index (χ0n) is 7.62. The molecular formula is C8H13Cl2NO2S. The summed E-state index contributed by atoms with van der Waals surface area (Å²) in [5, 5.41) is 0. The highest BCUT2D eigenvalue weighted by Gasteiger charge is 2.31. The molecule has 1 fully saturated rings. The van der Waals surface area contributed by atoms with E-state index in [9.17, 15) is 8.42 Å². The third kappa shape index (κ3) is 3.77. The third-order valence-corrected chi connectivity index (χ3v) is 4.52. The minimum Gasteiger partial charge on any atom is -0.327 e. The minimum atomic E-state index is -2.85. The van der Waals surface area contributed by atoms with Gasteiger partial charge in [-0.3, -0.25) is 0 Å². The van der Waals surface area contributed by atoms with Crippen molar-refractivity contribution in [3.05, 3.63) is 10.6 Å². The van der Waals surface area contributed by atoms with E-state index < -0.39 is 9.84 Å². The van der Waals surface area contributed by atoms with Gasteiger partial charge in [-0.2, -0.15) is 0 Å². The smallest absolute Gasteiger partial charge is 0.150 e. The number of rotatable bonds is 3. The molecule has 6 heteroatoms. The molecule has 0 radical (unpaired) electrons. The van der Waals surface area contributed by atoms with Gasteiger partial charge in [-0.05, 0) is 18.8 Å². The molecule has 0 bridgehead atoms. The lowest BCUT2D eigenvalue weighted by atomic mass is 9.97. The molecule has 0 aromatic carbocycles. The van der Waals surface area contributed by atoms with Gasteiger partial charge in [0.25, 0.3) is 0 Å². The van der Waals surface area contributed by atoms with Crippen LogP contribution >= 0.6 is 23.2 Å². The average molecular weight is 258 g/mol. The van der Waals surface area contributed by atoms with Crippen molar-refractivity contribution in [1.82, 2.24) is 0 Å². The topological polar surface area (TPSA) is 60.2 Å². The first-order valence-electron chi connectivity index (χ1n) is 4.38. The second-order valence-corrected chi connectivity index (χ2v) is 6.79. The molecule has 3 nitrogen and oxygen atoms in total. The first-order chi connectivity index (χ1) is 6.41.